The number of nitrogens with zero attached hydrogens (tertiary/aromatic N) is 1. The van der Waals surface area contributed by atoms with E-state index in [0.29, 0.717) is 11.7 Å². The molecule has 0 unspecified atom stereocenters. The van der Waals surface area contributed by atoms with E-state index in [1.807, 2.05) is 36.4 Å². The highest BCUT2D eigenvalue weighted by Gasteiger charge is 2.23. The zero-order valence-corrected chi connectivity index (χ0v) is 15.9. The number of nitrogens with two attached hydrogens (primary N) is 1. The fourth-order valence-electron chi connectivity index (χ4n) is 3.79. The molecule has 0 aromatic heterocycles. The van der Waals surface area contributed by atoms with Crippen molar-refractivity contribution in [3.8, 4) is 11.5 Å². The van der Waals surface area contributed by atoms with Gasteiger partial charge in [0, 0.05) is 0 Å². The number of piperidine rings is 1. The first-order valence-electron chi connectivity index (χ1n) is 9.57. The van der Waals surface area contributed by atoms with Crippen molar-refractivity contribution < 1.29 is 14.3 Å². The minimum Gasteiger partial charge on any atom is -0.497 e. The molecule has 2 aromatic carbocycles. The van der Waals surface area contributed by atoms with Gasteiger partial charge in [-0.1, -0.05) is 30.3 Å². The number of ether oxygens (including phenoxy) is 2. The summed E-state index contributed by atoms with van der Waals surface area (Å²) >= 11 is 0. The Morgan fingerprint density at radius 2 is 1.81 bits per heavy atom. The number of rotatable bonds is 7. The SMILES string of the molecule is COc1ccc(CCCN2CCC(c3ccccc3OC(N)=O)CC2)cc1. The van der Waals surface area contributed by atoms with Crippen LogP contribution in [0, 0.1) is 0 Å². The maximum absolute atomic E-state index is 11.1. The molecule has 144 valence electrons. The zero-order chi connectivity index (χ0) is 19.1. The Bertz CT molecular complexity index is 737. The summed E-state index contributed by atoms with van der Waals surface area (Å²) < 4.78 is 10.4. The summed E-state index contributed by atoms with van der Waals surface area (Å²) in [6.07, 6.45) is 3.62. The molecule has 2 N–H and O–H groups in total. The minimum atomic E-state index is -0.751. The molecule has 1 saturated heterocycles. The molecule has 0 spiro atoms. The van der Waals surface area contributed by atoms with Crippen LogP contribution in [0.15, 0.2) is 48.5 Å². The molecule has 2 aromatic rings. The summed E-state index contributed by atoms with van der Waals surface area (Å²) in [7, 11) is 1.69. The van der Waals surface area contributed by atoms with E-state index in [-0.39, 0.29) is 0 Å². The molecule has 0 bridgehead atoms. The Balaban J connectivity index is 1.45. The fourth-order valence-corrected chi connectivity index (χ4v) is 3.79. The monoisotopic (exact) mass is 368 g/mol. The summed E-state index contributed by atoms with van der Waals surface area (Å²) in [5, 5.41) is 0. The number of para-hydroxylation sites is 1. The highest BCUT2D eigenvalue weighted by Crippen LogP contribution is 2.34. The lowest BCUT2D eigenvalue weighted by Crippen LogP contribution is -2.34. The first-order valence-corrected chi connectivity index (χ1v) is 9.57. The van der Waals surface area contributed by atoms with E-state index in [1.54, 1.807) is 7.11 Å². The van der Waals surface area contributed by atoms with Gasteiger partial charge in [-0.25, -0.2) is 4.79 Å². The lowest BCUT2D eigenvalue weighted by Gasteiger charge is -2.32. The molecule has 0 aliphatic carbocycles. The van der Waals surface area contributed by atoms with Crippen LogP contribution in [0.2, 0.25) is 0 Å². The molecule has 0 saturated carbocycles. The molecular formula is C22H28N2O3. The third kappa shape index (κ3) is 5.47. The van der Waals surface area contributed by atoms with Crippen molar-refractivity contribution in [2.75, 3.05) is 26.7 Å². The molecule has 1 aliphatic heterocycles. The number of hydrogen-bond donors (Lipinski definition) is 1. The number of carbonyl (C=O) groups is 1. The molecule has 1 amide bonds. The number of amides is 1. The van der Waals surface area contributed by atoms with Gasteiger partial charge < -0.3 is 20.1 Å². The minimum absolute atomic E-state index is 0.415. The average Bonchev–Trinajstić information content (AvgIpc) is 2.69. The highest BCUT2D eigenvalue weighted by atomic mass is 16.5. The van der Waals surface area contributed by atoms with Crippen LogP contribution in [0.5, 0.6) is 11.5 Å². The van der Waals surface area contributed by atoms with Gasteiger partial charge in [0.15, 0.2) is 0 Å². The second kappa shape index (κ2) is 9.42. The fraction of sp³-hybridized carbons (Fsp3) is 0.409. The largest absolute Gasteiger partial charge is 0.497 e. The summed E-state index contributed by atoms with van der Waals surface area (Å²) in [5.41, 5.74) is 7.63. The van der Waals surface area contributed by atoms with Crippen molar-refractivity contribution in [1.29, 1.82) is 0 Å². The van der Waals surface area contributed by atoms with Crippen LogP contribution in [-0.4, -0.2) is 37.7 Å². The number of primary amides is 1. The normalized spacial score (nSPS) is 15.4. The first kappa shape index (κ1) is 19.2. The van der Waals surface area contributed by atoms with Crippen molar-refractivity contribution in [1.82, 2.24) is 4.90 Å². The van der Waals surface area contributed by atoms with E-state index < -0.39 is 6.09 Å². The molecule has 5 nitrogen and oxygen atoms in total. The molecule has 0 atom stereocenters. The molecule has 1 aliphatic rings. The van der Waals surface area contributed by atoms with Crippen LogP contribution in [0.4, 0.5) is 4.79 Å². The maximum atomic E-state index is 11.1. The first-order chi connectivity index (χ1) is 13.2. The lowest BCUT2D eigenvalue weighted by molar-refractivity contribution is 0.202. The third-order valence-corrected chi connectivity index (χ3v) is 5.26. The number of carbonyl (C=O) groups excluding carboxylic acids is 1. The molecule has 5 heteroatoms. The Morgan fingerprint density at radius 1 is 1.11 bits per heavy atom. The Hall–Kier alpha value is -2.53. The van der Waals surface area contributed by atoms with E-state index in [9.17, 15) is 4.79 Å². The van der Waals surface area contributed by atoms with Crippen molar-refractivity contribution >= 4 is 6.09 Å². The van der Waals surface area contributed by atoms with Gasteiger partial charge in [-0.2, -0.15) is 0 Å². The molecule has 1 fully saturated rings. The molecule has 27 heavy (non-hydrogen) atoms. The van der Waals surface area contributed by atoms with Gasteiger partial charge in [0.1, 0.15) is 11.5 Å². The Kier molecular flexibility index (Phi) is 6.71. The summed E-state index contributed by atoms with van der Waals surface area (Å²) in [5.74, 6) is 1.92. The maximum Gasteiger partial charge on any atom is 0.409 e. The molecular weight excluding hydrogens is 340 g/mol. The van der Waals surface area contributed by atoms with Crippen LogP contribution in [0.25, 0.3) is 0 Å². The van der Waals surface area contributed by atoms with E-state index in [0.717, 1.165) is 56.6 Å². The third-order valence-electron chi connectivity index (χ3n) is 5.26. The second-order valence-electron chi connectivity index (χ2n) is 7.03. The summed E-state index contributed by atoms with van der Waals surface area (Å²) in [6, 6.07) is 16.0. The summed E-state index contributed by atoms with van der Waals surface area (Å²) in [6.45, 7) is 3.24. The number of methoxy groups -OCH3 is 1. The Morgan fingerprint density at radius 3 is 2.48 bits per heavy atom. The predicted molar refractivity (Wildman–Crippen MR) is 106 cm³/mol. The van der Waals surface area contributed by atoms with Crippen molar-refractivity contribution in [3.05, 3.63) is 59.7 Å². The number of hydrogen-bond acceptors (Lipinski definition) is 4. The second-order valence-corrected chi connectivity index (χ2v) is 7.03. The van der Waals surface area contributed by atoms with Gasteiger partial charge in [0.05, 0.1) is 7.11 Å². The Labute approximate surface area is 161 Å². The van der Waals surface area contributed by atoms with Gasteiger partial charge in [0.2, 0.25) is 0 Å². The van der Waals surface area contributed by atoms with Crippen LogP contribution in [0.3, 0.4) is 0 Å². The van der Waals surface area contributed by atoms with Gasteiger partial charge in [0.25, 0.3) is 0 Å². The smallest absolute Gasteiger partial charge is 0.409 e. The van der Waals surface area contributed by atoms with Gasteiger partial charge in [-0.3, -0.25) is 0 Å². The van der Waals surface area contributed by atoms with Crippen LogP contribution >= 0.6 is 0 Å². The standard InChI is InChI=1S/C22H28N2O3/c1-26-19-10-8-17(9-11-19)5-4-14-24-15-12-18(13-16-24)20-6-2-3-7-21(20)27-22(23)25/h2-3,6-11,18H,4-5,12-16H2,1H3,(H2,23,25). The van der Waals surface area contributed by atoms with Crippen molar-refractivity contribution in [2.24, 2.45) is 5.73 Å². The van der Waals surface area contributed by atoms with Gasteiger partial charge in [-0.15, -0.1) is 0 Å². The summed E-state index contributed by atoms with van der Waals surface area (Å²) in [4.78, 5) is 13.6. The van der Waals surface area contributed by atoms with Gasteiger partial charge in [-0.05, 0) is 80.6 Å². The average molecular weight is 368 g/mol. The quantitative estimate of drug-likeness (QED) is 0.803. The van der Waals surface area contributed by atoms with Crippen molar-refractivity contribution in [2.45, 2.75) is 31.6 Å². The number of likely N-dealkylation sites (tertiary alicyclic amines) is 1. The van der Waals surface area contributed by atoms with Crippen LogP contribution < -0.4 is 15.2 Å². The predicted octanol–water partition coefficient (Wildman–Crippen LogP) is 3.96. The molecule has 1 heterocycles. The van der Waals surface area contributed by atoms with Crippen LogP contribution in [0.1, 0.15) is 36.3 Å². The number of benzene rings is 2. The lowest BCUT2D eigenvalue weighted by atomic mass is 9.88. The van der Waals surface area contributed by atoms with E-state index in [4.69, 9.17) is 15.2 Å². The highest BCUT2D eigenvalue weighted by molar-refractivity contribution is 5.68. The van der Waals surface area contributed by atoms with E-state index in [2.05, 4.69) is 17.0 Å². The van der Waals surface area contributed by atoms with Gasteiger partial charge >= 0.3 is 6.09 Å². The van der Waals surface area contributed by atoms with E-state index in [1.165, 1.54) is 5.56 Å². The van der Waals surface area contributed by atoms with Crippen LogP contribution in [-0.2, 0) is 6.42 Å². The zero-order valence-electron chi connectivity index (χ0n) is 15.9. The van der Waals surface area contributed by atoms with E-state index >= 15 is 0 Å². The molecule has 3 rings (SSSR count). The van der Waals surface area contributed by atoms with Crippen molar-refractivity contribution in [3.63, 3.8) is 0 Å². The topological polar surface area (TPSA) is 64.8 Å². The molecule has 0 radical (unpaired) electrons. The number of aryl methyl sites for hydroxylation is 1.